The Morgan fingerprint density at radius 1 is 1.29 bits per heavy atom. The van der Waals surface area contributed by atoms with Gasteiger partial charge in [0.15, 0.2) is 0 Å². The first-order chi connectivity index (χ1) is 11.5. The van der Waals surface area contributed by atoms with Crippen LogP contribution in [0.3, 0.4) is 0 Å². The van der Waals surface area contributed by atoms with Crippen LogP contribution in [0.2, 0.25) is 0 Å². The van der Waals surface area contributed by atoms with Crippen molar-refractivity contribution in [3.8, 4) is 0 Å². The summed E-state index contributed by atoms with van der Waals surface area (Å²) in [6, 6.07) is 8.49. The van der Waals surface area contributed by atoms with E-state index < -0.39 is 12.1 Å². The summed E-state index contributed by atoms with van der Waals surface area (Å²) in [5.41, 5.74) is 7.03. The van der Waals surface area contributed by atoms with Crippen LogP contribution in [-0.4, -0.2) is 35.4 Å². The molecule has 5 nitrogen and oxygen atoms in total. The van der Waals surface area contributed by atoms with Crippen molar-refractivity contribution in [1.29, 1.82) is 0 Å². The van der Waals surface area contributed by atoms with E-state index in [0.29, 0.717) is 13.0 Å². The van der Waals surface area contributed by atoms with E-state index in [4.69, 9.17) is 10.5 Å². The smallest absolute Gasteiger partial charge is 0.329 e. The number of ether oxygens (including phenoxy) is 1. The van der Waals surface area contributed by atoms with Gasteiger partial charge in [-0.2, -0.15) is 0 Å². The predicted molar refractivity (Wildman–Crippen MR) is 93.0 cm³/mol. The van der Waals surface area contributed by atoms with Crippen LogP contribution in [0, 0.1) is 5.92 Å². The Kier molecular flexibility index (Phi) is 6.79. The van der Waals surface area contributed by atoms with Crippen molar-refractivity contribution in [3.05, 3.63) is 35.9 Å². The van der Waals surface area contributed by atoms with Crippen LogP contribution in [-0.2, 0) is 20.9 Å². The summed E-state index contributed by atoms with van der Waals surface area (Å²) in [7, 11) is 0. The first-order valence-corrected chi connectivity index (χ1v) is 8.81. The highest BCUT2D eigenvalue weighted by Crippen LogP contribution is 2.21. The molecule has 2 N–H and O–H groups in total. The van der Waals surface area contributed by atoms with Gasteiger partial charge in [0.05, 0.1) is 6.04 Å². The van der Waals surface area contributed by atoms with Gasteiger partial charge in [-0.15, -0.1) is 0 Å². The predicted octanol–water partition coefficient (Wildman–Crippen LogP) is 2.48. The lowest BCUT2D eigenvalue weighted by molar-refractivity contribution is -0.158. The molecule has 1 saturated heterocycles. The average molecular weight is 332 g/mol. The number of hydrogen-bond donors (Lipinski definition) is 1. The summed E-state index contributed by atoms with van der Waals surface area (Å²) in [4.78, 5) is 26.8. The van der Waals surface area contributed by atoms with Gasteiger partial charge in [0, 0.05) is 6.54 Å². The van der Waals surface area contributed by atoms with Crippen LogP contribution in [0.15, 0.2) is 30.3 Å². The molecule has 0 aliphatic carbocycles. The molecule has 1 aliphatic rings. The minimum Gasteiger partial charge on any atom is -0.459 e. The van der Waals surface area contributed by atoms with Gasteiger partial charge in [-0.1, -0.05) is 50.6 Å². The number of benzene rings is 1. The number of amides is 1. The molecule has 0 bridgehead atoms. The van der Waals surface area contributed by atoms with Crippen LogP contribution >= 0.6 is 0 Å². The average Bonchev–Trinajstić information content (AvgIpc) is 2.65. The Morgan fingerprint density at radius 2 is 2.00 bits per heavy atom. The normalized spacial score (nSPS) is 20.3. The molecule has 1 heterocycles. The van der Waals surface area contributed by atoms with Gasteiger partial charge in [-0.3, -0.25) is 4.79 Å². The molecule has 2 rings (SSSR count). The fraction of sp³-hybridized carbons (Fsp3) is 0.579. The van der Waals surface area contributed by atoms with E-state index in [1.807, 2.05) is 44.2 Å². The first kappa shape index (κ1) is 18.5. The van der Waals surface area contributed by atoms with Gasteiger partial charge in [0.2, 0.25) is 5.91 Å². The second kappa shape index (κ2) is 8.83. The van der Waals surface area contributed by atoms with Gasteiger partial charge in [-0.25, -0.2) is 4.79 Å². The summed E-state index contributed by atoms with van der Waals surface area (Å²) in [5, 5.41) is 0. The van der Waals surface area contributed by atoms with Crippen molar-refractivity contribution >= 4 is 11.9 Å². The summed E-state index contributed by atoms with van der Waals surface area (Å²) >= 11 is 0. The van der Waals surface area contributed by atoms with Gasteiger partial charge < -0.3 is 15.4 Å². The van der Waals surface area contributed by atoms with Crippen LogP contribution in [0.25, 0.3) is 0 Å². The fourth-order valence-corrected chi connectivity index (χ4v) is 2.95. The third kappa shape index (κ3) is 4.57. The Bertz CT molecular complexity index is 547. The van der Waals surface area contributed by atoms with Gasteiger partial charge in [0.25, 0.3) is 0 Å². The fourth-order valence-electron chi connectivity index (χ4n) is 2.95. The molecule has 0 aromatic heterocycles. The number of rotatable bonds is 6. The van der Waals surface area contributed by atoms with Crippen LogP contribution in [0.4, 0.5) is 0 Å². The number of piperidine rings is 1. The van der Waals surface area contributed by atoms with E-state index in [9.17, 15) is 9.59 Å². The molecule has 1 aliphatic heterocycles. The zero-order valence-electron chi connectivity index (χ0n) is 14.6. The van der Waals surface area contributed by atoms with Gasteiger partial charge in [-0.05, 0) is 30.7 Å². The molecule has 5 heteroatoms. The molecule has 1 amide bonds. The molecule has 132 valence electrons. The highest BCUT2D eigenvalue weighted by atomic mass is 16.5. The van der Waals surface area contributed by atoms with Crippen molar-refractivity contribution in [2.24, 2.45) is 11.7 Å². The van der Waals surface area contributed by atoms with E-state index in [2.05, 4.69) is 0 Å². The molecule has 0 saturated carbocycles. The highest BCUT2D eigenvalue weighted by molar-refractivity contribution is 5.87. The minimum absolute atomic E-state index is 0.0976. The van der Waals surface area contributed by atoms with Crippen molar-refractivity contribution in [2.45, 2.75) is 58.2 Å². The molecule has 1 fully saturated rings. The molecule has 0 spiro atoms. The molecule has 1 aromatic carbocycles. The second-order valence-electron chi connectivity index (χ2n) is 6.55. The molecule has 1 aromatic rings. The summed E-state index contributed by atoms with van der Waals surface area (Å²) < 4.78 is 5.44. The topological polar surface area (TPSA) is 72.6 Å². The van der Waals surface area contributed by atoms with E-state index in [0.717, 1.165) is 24.8 Å². The summed E-state index contributed by atoms with van der Waals surface area (Å²) in [6.45, 7) is 4.79. The van der Waals surface area contributed by atoms with Crippen LogP contribution in [0.1, 0.15) is 45.1 Å². The number of hydrogen-bond acceptors (Lipinski definition) is 4. The van der Waals surface area contributed by atoms with E-state index >= 15 is 0 Å². The van der Waals surface area contributed by atoms with Crippen molar-refractivity contribution in [1.82, 2.24) is 4.90 Å². The number of esters is 1. The summed E-state index contributed by atoms with van der Waals surface area (Å²) in [6.07, 6.45) is 3.31. The Labute approximate surface area is 144 Å². The van der Waals surface area contributed by atoms with E-state index in [-0.39, 0.29) is 24.4 Å². The second-order valence-corrected chi connectivity index (χ2v) is 6.55. The van der Waals surface area contributed by atoms with Crippen molar-refractivity contribution in [3.63, 3.8) is 0 Å². The molecule has 0 radical (unpaired) electrons. The standard InChI is InChI=1S/C19H28N2O3/c1-3-14(2)17(20)18(22)21-12-8-7-11-16(21)19(23)24-13-15-9-5-4-6-10-15/h4-6,9-10,14,16-17H,3,7-8,11-13,20H2,1-2H3/t14-,16?,17-/m0/s1. The Morgan fingerprint density at radius 3 is 2.67 bits per heavy atom. The Balaban J connectivity index is 2.00. The lowest BCUT2D eigenvalue weighted by Crippen LogP contribution is -2.55. The molecule has 1 unspecified atom stereocenters. The van der Waals surface area contributed by atoms with Crippen LogP contribution in [0.5, 0.6) is 0 Å². The zero-order valence-corrected chi connectivity index (χ0v) is 14.6. The number of nitrogens with zero attached hydrogens (tertiary/aromatic N) is 1. The number of nitrogens with two attached hydrogens (primary N) is 1. The van der Waals surface area contributed by atoms with Crippen molar-refractivity contribution in [2.75, 3.05) is 6.54 Å². The quantitative estimate of drug-likeness (QED) is 0.812. The molecule has 3 atom stereocenters. The maximum atomic E-state index is 12.7. The van der Waals surface area contributed by atoms with Crippen molar-refractivity contribution < 1.29 is 14.3 Å². The zero-order chi connectivity index (χ0) is 17.5. The lowest BCUT2D eigenvalue weighted by atomic mass is 9.95. The minimum atomic E-state index is -0.558. The summed E-state index contributed by atoms with van der Waals surface area (Å²) in [5.74, 6) is -0.366. The third-order valence-electron chi connectivity index (χ3n) is 4.82. The third-order valence-corrected chi connectivity index (χ3v) is 4.82. The first-order valence-electron chi connectivity index (χ1n) is 8.81. The van der Waals surface area contributed by atoms with Gasteiger partial charge >= 0.3 is 5.97 Å². The molecular weight excluding hydrogens is 304 g/mol. The largest absolute Gasteiger partial charge is 0.459 e. The number of likely N-dealkylation sites (tertiary alicyclic amines) is 1. The van der Waals surface area contributed by atoms with E-state index in [1.165, 1.54) is 0 Å². The van der Waals surface area contributed by atoms with E-state index in [1.54, 1.807) is 4.90 Å². The van der Waals surface area contributed by atoms with Gasteiger partial charge in [0.1, 0.15) is 12.6 Å². The maximum Gasteiger partial charge on any atom is 0.329 e. The Hall–Kier alpha value is -1.88. The SMILES string of the molecule is CC[C@H](C)[C@H](N)C(=O)N1CCCCC1C(=O)OCc1ccccc1. The number of carbonyl (C=O) groups is 2. The maximum absolute atomic E-state index is 12.7. The number of carbonyl (C=O) groups excluding carboxylic acids is 2. The van der Waals surface area contributed by atoms with Crippen LogP contribution < -0.4 is 5.73 Å². The lowest BCUT2D eigenvalue weighted by Gasteiger charge is -2.36. The highest BCUT2D eigenvalue weighted by Gasteiger charge is 2.36. The molecular formula is C19H28N2O3. The monoisotopic (exact) mass is 332 g/mol. The molecule has 24 heavy (non-hydrogen) atoms.